The van der Waals surface area contributed by atoms with Gasteiger partial charge in [-0.2, -0.15) is 0 Å². The van der Waals surface area contributed by atoms with Gasteiger partial charge in [-0.1, -0.05) is 17.8 Å². The fraction of sp³-hybridized carbons (Fsp3) is 0.185. The third-order valence-electron chi connectivity index (χ3n) is 5.38. The number of anilines is 1. The average Bonchev–Trinajstić information content (AvgIpc) is 2.93. The minimum absolute atomic E-state index is 0.179. The van der Waals surface area contributed by atoms with Gasteiger partial charge in [0.05, 0.1) is 26.6 Å². The van der Waals surface area contributed by atoms with Crippen LogP contribution in [0.2, 0.25) is 0 Å². The van der Waals surface area contributed by atoms with Gasteiger partial charge in [-0.3, -0.25) is 4.79 Å². The van der Waals surface area contributed by atoms with E-state index in [9.17, 15) is 4.79 Å². The molecule has 1 atom stereocenters. The van der Waals surface area contributed by atoms with Crippen molar-refractivity contribution in [1.29, 1.82) is 0 Å². The third-order valence-corrected chi connectivity index (χ3v) is 6.33. The first-order chi connectivity index (χ1) is 17.5. The molecule has 1 heterocycles. The summed E-state index contributed by atoms with van der Waals surface area (Å²) in [5.41, 5.74) is 3.63. The van der Waals surface area contributed by atoms with Crippen LogP contribution in [0.1, 0.15) is 6.92 Å². The lowest BCUT2D eigenvalue weighted by atomic mass is 10.0. The van der Waals surface area contributed by atoms with Crippen LogP contribution in [0, 0.1) is 0 Å². The normalized spacial score (nSPS) is 11.4. The van der Waals surface area contributed by atoms with Crippen molar-refractivity contribution in [1.82, 2.24) is 15.2 Å². The molecule has 8 nitrogen and oxygen atoms in total. The van der Waals surface area contributed by atoms with Crippen molar-refractivity contribution >= 4 is 23.4 Å². The SMILES string of the molecule is COc1ccc(-c2nnc(SC(C)C(=O)Nc3cccc(OC)c3)nc2-c2ccc(OC)cc2)cc1. The summed E-state index contributed by atoms with van der Waals surface area (Å²) in [6.45, 7) is 1.80. The van der Waals surface area contributed by atoms with Gasteiger partial charge in [0.1, 0.15) is 28.6 Å². The van der Waals surface area contributed by atoms with E-state index in [-0.39, 0.29) is 5.91 Å². The van der Waals surface area contributed by atoms with Gasteiger partial charge in [0.25, 0.3) is 0 Å². The van der Waals surface area contributed by atoms with Crippen molar-refractivity contribution in [3.8, 4) is 39.8 Å². The molecule has 0 saturated heterocycles. The van der Waals surface area contributed by atoms with Crippen LogP contribution < -0.4 is 19.5 Å². The van der Waals surface area contributed by atoms with E-state index >= 15 is 0 Å². The summed E-state index contributed by atoms with van der Waals surface area (Å²) in [7, 11) is 4.83. The number of nitrogens with zero attached hydrogens (tertiary/aromatic N) is 3. The van der Waals surface area contributed by atoms with Crippen LogP contribution in [0.5, 0.6) is 17.2 Å². The highest BCUT2D eigenvalue weighted by molar-refractivity contribution is 8.00. The lowest BCUT2D eigenvalue weighted by Crippen LogP contribution is -2.22. The molecular formula is C27H26N4O4S. The number of carbonyl (C=O) groups excluding carboxylic acids is 1. The average molecular weight is 503 g/mol. The molecule has 0 radical (unpaired) electrons. The number of nitrogens with one attached hydrogen (secondary N) is 1. The number of thioether (sulfide) groups is 1. The fourth-order valence-electron chi connectivity index (χ4n) is 3.41. The minimum Gasteiger partial charge on any atom is -0.497 e. The summed E-state index contributed by atoms with van der Waals surface area (Å²) in [5, 5.41) is 11.6. The first-order valence-corrected chi connectivity index (χ1v) is 12.0. The van der Waals surface area contributed by atoms with Gasteiger partial charge in [-0.15, -0.1) is 10.2 Å². The summed E-state index contributed by atoms with van der Waals surface area (Å²) in [4.78, 5) is 17.6. The number of carbonyl (C=O) groups is 1. The third kappa shape index (κ3) is 5.92. The van der Waals surface area contributed by atoms with Crippen LogP contribution in [0.4, 0.5) is 5.69 Å². The van der Waals surface area contributed by atoms with Crippen molar-refractivity contribution in [3.63, 3.8) is 0 Å². The number of aromatic nitrogens is 3. The lowest BCUT2D eigenvalue weighted by Gasteiger charge is -2.13. The second-order valence-corrected chi connectivity index (χ2v) is 9.04. The Labute approximate surface area is 214 Å². The molecule has 0 aliphatic carbocycles. The molecule has 0 saturated carbocycles. The molecule has 0 spiro atoms. The highest BCUT2D eigenvalue weighted by Gasteiger charge is 2.20. The first-order valence-electron chi connectivity index (χ1n) is 11.2. The van der Waals surface area contributed by atoms with Crippen LogP contribution in [0.15, 0.2) is 78.0 Å². The zero-order valence-corrected chi connectivity index (χ0v) is 21.2. The fourth-order valence-corrected chi connectivity index (χ4v) is 4.13. The number of methoxy groups -OCH3 is 3. The molecule has 9 heteroatoms. The van der Waals surface area contributed by atoms with E-state index in [1.807, 2.05) is 60.7 Å². The van der Waals surface area contributed by atoms with Gasteiger partial charge in [-0.25, -0.2) is 4.98 Å². The monoisotopic (exact) mass is 502 g/mol. The Hall–Kier alpha value is -4.11. The summed E-state index contributed by atoms with van der Waals surface area (Å²) < 4.78 is 15.8. The Bertz CT molecular complexity index is 1330. The van der Waals surface area contributed by atoms with Crippen molar-refractivity contribution in [2.45, 2.75) is 17.3 Å². The largest absolute Gasteiger partial charge is 0.497 e. The molecule has 4 rings (SSSR count). The van der Waals surface area contributed by atoms with Crippen LogP contribution in [-0.2, 0) is 4.79 Å². The van der Waals surface area contributed by atoms with E-state index in [0.717, 1.165) is 22.6 Å². The van der Waals surface area contributed by atoms with Gasteiger partial charge < -0.3 is 19.5 Å². The maximum Gasteiger partial charge on any atom is 0.237 e. The maximum absolute atomic E-state index is 12.8. The van der Waals surface area contributed by atoms with E-state index in [1.54, 1.807) is 40.4 Å². The second kappa shape index (κ2) is 11.5. The Morgan fingerprint density at radius 3 is 1.94 bits per heavy atom. The molecule has 1 unspecified atom stereocenters. The first kappa shape index (κ1) is 25.0. The Kier molecular flexibility index (Phi) is 8.02. The predicted molar refractivity (Wildman–Crippen MR) is 141 cm³/mol. The summed E-state index contributed by atoms with van der Waals surface area (Å²) in [6, 6.07) is 22.3. The molecule has 1 aromatic heterocycles. The molecule has 0 fully saturated rings. The lowest BCUT2D eigenvalue weighted by molar-refractivity contribution is -0.115. The van der Waals surface area contributed by atoms with E-state index in [1.165, 1.54) is 11.8 Å². The molecular weight excluding hydrogens is 476 g/mol. The van der Waals surface area contributed by atoms with Crippen LogP contribution in [0.25, 0.3) is 22.5 Å². The molecule has 1 amide bonds. The van der Waals surface area contributed by atoms with E-state index in [0.29, 0.717) is 28.0 Å². The topological polar surface area (TPSA) is 95.5 Å². The summed E-state index contributed by atoms with van der Waals surface area (Å²) in [5.74, 6) is 1.97. The summed E-state index contributed by atoms with van der Waals surface area (Å²) in [6.07, 6.45) is 0. The van der Waals surface area contributed by atoms with E-state index < -0.39 is 5.25 Å². The molecule has 3 aromatic carbocycles. The number of benzene rings is 3. The van der Waals surface area contributed by atoms with Gasteiger partial charge in [0.15, 0.2) is 0 Å². The van der Waals surface area contributed by atoms with Gasteiger partial charge in [0, 0.05) is 22.9 Å². The van der Waals surface area contributed by atoms with Crippen molar-refractivity contribution < 1.29 is 19.0 Å². The van der Waals surface area contributed by atoms with Crippen molar-refractivity contribution in [3.05, 3.63) is 72.8 Å². The molecule has 4 aromatic rings. The van der Waals surface area contributed by atoms with Gasteiger partial charge in [0.2, 0.25) is 11.1 Å². The Morgan fingerprint density at radius 1 is 0.778 bits per heavy atom. The van der Waals surface area contributed by atoms with Crippen LogP contribution in [-0.4, -0.2) is 47.7 Å². The predicted octanol–water partition coefficient (Wildman–Crippen LogP) is 5.35. The number of hydrogen-bond acceptors (Lipinski definition) is 8. The molecule has 1 N–H and O–H groups in total. The standard InChI is InChI=1S/C27H26N4O4S/c1-17(26(32)28-20-6-5-7-23(16-20)35-4)36-27-29-24(18-8-12-21(33-2)13-9-18)25(30-31-27)19-10-14-22(34-3)15-11-19/h5-17H,1-4H3,(H,28,32). The number of amides is 1. The maximum atomic E-state index is 12.8. The van der Waals surface area contributed by atoms with Crippen molar-refractivity contribution in [2.24, 2.45) is 0 Å². The van der Waals surface area contributed by atoms with E-state index in [2.05, 4.69) is 15.5 Å². The Balaban J connectivity index is 1.61. The number of rotatable bonds is 9. The highest BCUT2D eigenvalue weighted by atomic mass is 32.2. The summed E-state index contributed by atoms with van der Waals surface area (Å²) >= 11 is 1.23. The number of ether oxygens (including phenoxy) is 3. The van der Waals surface area contributed by atoms with Crippen LogP contribution >= 0.6 is 11.8 Å². The molecule has 0 aliphatic rings. The molecule has 36 heavy (non-hydrogen) atoms. The zero-order valence-electron chi connectivity index (χ0n) is 20.4. The quantitative estimate of drug-likeness (QED) is 0.306. The highest BCUT2D eigenvalue weighted by Crippen LogP contribution is 2.32. The zero-order chi connectivity index (χ0) is 25.5. The van der Waals surface area contributed by atoms with E-state index in [4.69, 9.17) is 19.2 Å². The smallest absolute Gasteiger partial charge is 0.237 e. The van der Waals surface area contributed by atoms with Crippen molar-refractivity contribution in [2.75, 3.05) is 26.6 Å². The number of hydrogen-bond donors (Lipinski definition) is 1. The Morgan fingerprint density at radius 2 is 1.36 bits per heavy atom. The minimum atomic E-state index is -0.464. The van der Waals surface area contributed by atoms with Crippen LogP contribution in [0.3, 0.4) is 0 Å². The molecule has 0 aliphatic heterocycles. The second-order valence-electron chi connectivity index (χ2n) is 7.73. The molecule has 184 valence electrons. The van der Waals surface area contributed by atoms with Gasteiger partial charge in [-0.05, 0) is 67.6 Å². The van der Waals surface area contributed by atoms with Gasteiger partial charge >= 0.3 is 0 Å². The molecule has 0 bridgehead atoms.